The standard InChI is InChI=1S/C48H36S/c1-2-8-35(9-3-1)40(28-34-17-27-48-46(29-34)45-12-6-7-13-47(45)49-48)20-16-33-14-18-37(19-15-33)41-24-22-38-23-26-43(32-44(38)31-41)42-25-21-36-10-4-5-11-39(36)30-42/h1-15,17-19,21-27,29-32,40H,16,20,28H2. The summed E-state index contributed by atoms with van der Waals surface area (Å²) in [5.74, 6) is 0.459. The molecule has 9 aromatic rings. The molecule has 1 atom stereocenters. The maximum Gasteiger partial charge on any atom is 0.0355 e. The monoisotopic (exact) mass is 644 g/mol. The molecule has 9 rings (SSSR count). The van der Waals surface area contributed by atoms with Gasteiger partial charge in [-0.3, -0.25) is 0 Å². The van der Waals surface area contributed by atoms with Gasteiger partial charge < -0.3 is 0 Å². The Hall–Kier alpha value is -5.50. The van der Waals surface area contributed by atoms with Crippen molar-refractivity contribution in [3.05, 3.63) is 193 Å². The minimum Gasteiger partial charge on any atom is -0.135 e. The van der Waals surface area contributed by atoms with Crippen LogP contribution in [0.15, 0.2) is 176 Å². The highest BCUT2D eigenvalue weighted by molar-refractivity contribution is 7.25. The topological polar surface area (TPSA) is 0 Å². The Morgan fingerprint density at radius 3 is 1.73 bits per heavy atom. The SMILES string of the molecule is c1ccc(C(CCc2ccc(-c3ccc4ccc(-c5ccc6ccccc6c5)cc4c3)cc2)Cc2ccc3sc4ccccc4c3c2)cc1. The van der Waals surface area contributed by atoms with Crippen molar-refractivity contribution >= 4 is 53.1 Å². The molecule has 1 aromatic heterocycles. The number of thiophene rings is 1. The summed E-state index contributed by atoms with van der Waals surface area (Å²) in [5.41, 5.74) is 9.26. The highest BCUT2D eigenvalue weighted by Gasteiger charge is 2.15. The molecule has 0 bridgehead atoms. The summed E-state index contributed by atoms with van der Waals surface area (Å²) in [5, 5.41) is 7.85. The highest BCUT2D eigenvalue weighted by Crippen LogP contribution is 2.36. The van der Waals surface area contributed by atoms with Crippen LogP contribution in [0.5, 0.6) is 0 Å². The molecule has 0 radical (unpaired) electrons. The molecule has 0 aliphatic rings. The van der Waals surface area contributed by atoms with Gasteiger partial charge in [-0.2, -0.15) is 0 Å². The Labute approximate surface area is 291 Å². The predicted molar refractivity (Wildman–Crippen MR) is 213 cm³/mol. The number of fused-ring (bicyclic) bond motifs is 5. The van der Waals surface area contributed by atoms with E-state index >= 15 is 0 Å². The van der Waals surface area contributed by atoms with Gasteiger partial charge in [0.2, 0.25) is 0 Å². The van der Waals surface area contributed by atoms with Crippen LogP contribution in [-0.4, -0.2) is 0 Å². The first-order valence-corrected chi connectivity index (χ1v) is 18.1. The number of aryl methyl sites for hydroxylation is 1. The van der Waals surface area contributed by atoms with Crippen molar-refractivity contribution in [1.82, 2.24) is 0 Å². The van der Waals surface area contributed by atoms with E-state index in [2.05, 4.69) is 176 Å². The number of benzene rings is 8. The van der Waals surface area contributed by atoms with Crippen LogP contribution in [0.25, 0.3) is 64.0 Å². The maximum atomic E-state index is 2.44. The minimum atomic E-state index is 0.459. The van der Waals surface area contributed by atoms with E-state index in [1.54, 1.807) is 0 Å². The van der Waals surface area contributed by atoms with Crippen molar-refractivity contribution in [3.63, 3.8) is 0 Å². The molecular weight excluding hydrogens is 609 g/mol. The summed E-state index contributed by atoms with van der Waals surface area (Å²) in [7, 11) is 0. The molecule has 0 spiro atoms. The van der Waals surface area contributed by atoms with Crippen LogP contribution in [-0.2, 0) is 12.8 Å². The molecular formula is C48H36S. The molecule has 0 aliphatic carbocycles. The van der Waals surface area contributed by atoms with Gasteiger partial charge in [0, 0.05) is 20.2 Å². The zero-order valence-corrected chi connectivity index (χ0v) is 28.2. The second kappa shape index (κ2) is 12.8. The molecule has 0 fully saturated rings. The van der Waals surface area contributed by atoms with Crippen LogP contribution in [0.4, 0.5) is 0 Å². The fraction of sp³-hybridized carbons (Fsp3) is 0.0833. The van der Waals surface area contributed by atoms with Crippen LogP contribution >= 0.6 is 11.3 Å². The van der Waals surface area contributed by atoms with Gasteiger partial charge >= 0.3 is 0 Å². The molecule has 0 N–H and O–H groups in total. The summed E-state index contributed by atoms with van der Waals surface area (Å²) in [4.78, 5) is 0. The summed E-state index contributed by atoms with van der Waals surface area (Å²) in [6, 6.07) is 65.3. The van der Waals surface area contributed by atoms with Gasteiger partial charge in [0.25, 0.3) is 0 Å². The normalized spacial score (nSPS) is 12.2. The van der Waals surface area contributed by atoms with E-state index in [0.29, 0.717) is 5.92 Å². The quantitative estimate of drug-likeness (QED) is 0.154. The fourth-order valence-corrected chi connectivity index (χ4v) is 8.56. The largest absolute Gasteiger partial charge is 0.135 e. The van der Waals surface area contributed by atoms with Gasteiger partial charge in [-0.1, -0.05) is 140 Å². The molecule has 0 nitrogen and oxygen atoms in total. The van der Waals surface area contributed by atoms with E-state index in [1.807, 2.05) is 11.3 Å². The zero-order valence-electron chi connectivity index (χ0n) is 27.4. The number of hydrogen-bond acceptors (Lipinski definition) is 1. The van der Waals surface area contributed by atoms with Gasteiger partial charge in [0.05, 0.1) is 0 Å². The number of rotatable bonds is 8. The van der Waals surface area contributed by atoms with Crippen LogP contribution in [0.1, 0.15) is 29.0 Å². The highest BCUT2D eigenvalue weighted by atomic mass is 32.1. The second-order valence-electron chi connectivity index (χ2n) is 13.3. The van der Waals surface area contributed by atoms with E-state index < -0.39 is 0 Å². The average molecular weight is 645 g/mol. The minimum absolute atomic E-state index is 0.459. The van der Waals surface area contributed by atoms with E-state index in [-0.39, 0.29) is 0 Å². The summed E-state index contributed by atoms with van der Waals surface area (Å²) in [6.45, 7) is 0. The lowest BCUT2D eigenvalue weighted by Gasteiger charge is -2.18. The lowest BCUT2D eigenvalue weighted by atomic mass is 9.86. The van der Waals surface area contributed by atoms with E-state index in [0.717, 1.165) is 19.3 Å². The molecule has 49 heavy (non-hydrogen) atoms. The van der Waals surface area contributed by atoms with Crippen molar-refractivity contribution in [3.8, 4) is 22.3 Å². The Morgan fingerprint density at radius 1 is 0.388 bits per heavy atom. The Kier molecular flexibility index (Phi) is 7.76. The first-order chi connectivity index (χ1) is 24.2. The fourth-order valence-electron chi connectivity index (χ4n) is 7.48. The van der Waals surface area contributed by atoms with Crippen LogP contribution < -0.4 is 0 Å². The predicted octanol–water partition coefficient (Wildman–Crippen LogP) is 13.7. The molecule has 0 saturated heterocycles. The molecule has 1 heterocycles. The third kappa shape index (κ3) is 6.03. The van der Waals surface area contributed by atoms with Gasteiger partial charge in [-0.25, -0.2) is 0 Å². The molecule has 0 aliphatic heterocycles. The zero-order chi connectivity index (χ0) is 32.6. The Morgan fingerprint density at radius 2 is 0.959 bits per heavy atom. The molecule has 8 aromatic carbocycles. The first-order valence-electron chi connectivity index (χ1n) is 17.3. The molecule has 234 valence electrons. The number of hydrogen-bond donors (Lipinski definition) is 0. The Bertz CT molecular complexity index is 2570. The van der Waals surface area contributed by atoms with Gasteiger partial charge in [-0.05, 0) is 122 Å². The second-order valence-corrected chi connectivity index (χ2v) is 14.4. The molecule has 1 unspecified atom stereocenters. The van der Waals surface area contributed by atoms with Crippen LogP contribution in [0, 0.1) is 0 Å². The van der Waals surface area contributed by atoms with Gasteiger partial charge in [-0.15, -0.1) is 11.3 Å². The summed E-state index contributed by atoms with van der Waals surface area (Å²) < 4.78 is 2.74. The van der Waals surface area contributed by atoms with Crippen molar-refractivity contribution in [2.24, 2.45) is 0 Å². The van der Waals surface area contributed by atoms with Crippen molar-refractivity contribution < 1.29 is 0 Å². The lowest BCUT2D eigenvalue weighted by Crippen LogP contribution is -2.05. The van der Waals surface area contributed by atoms with Gasteiger partial charge in [0.1, 0.15) is 0 Å². The van der Waals surface area contributed by atoms with Crippen LogP contribution in [0.3, 0.4) is 0 Å². The van der Waals surface area contributed by atoms with Crippen molar-refractivity contribution in [1.29, 1.82) is 0 Å². The van der Waals surface area contributed by atoms with E-state index in [4.69, 9.17) is 0 Å². The third-order valence-electron chi connectivity index (χ3n) is 10.2. The smallest absolute Gasteiger partial charge is 0.0355 e. The lowest BCUT2D eigenvalue weighted by molar-refractivity contribution is 0.621. The first kappa shape index (κ1) is 29.6. The van der Waals surface area contributed by atoms with Crippen molar-refractivity contribution in [2.75, 3.05) is 0 Å². The van der Waals surface area contributed by atoms with Crippen molar-refractivity contribution in [2.45, 2.75) is 25.2 Å². The molecule has 1 heteroatoms. The van der Waals surface area contributed by atoms with E-state index in [9.17, 15) is 0 Å². The van der Waals surface area contributed by atoms with Crippen LogP contribution in [0.2, 0.25) is 0 Å². The maximum absolute atomic E-state index is 2.44. The summed E-state index contributed by atoms with van der Waals surface area (Å²) >= 11 is 1.89. The average Bonchev–Trinajstić information content (AvgIpc) is 3.54. The molecule has 0 saturated carbocycles. The van der Waals surface area contributed by atoms with Gasteiger partial charge in [0.15, 0.2) is 0 Å². The Balaban J connectivity index is 0.942. The third-order valence-corrected chi connectivity index (χ3v) is 11.3. The molecule has 0 amide bonds. The van der Waals surface area contributed by atoms with E-state index in [1.165, 1.54) is 80.7 Å². The summed E-state index contributed by atoms with van der Waals surface area (Å²) in [6.07, 6.45) is 3.20.